The van der Waals surface area contributed by atoms with Gasteiger partial charge in [-0.25, -0.2) is 0 Å². The number of aliphatic hydroxyl groups is 1. The maximum absolute atomic E-state index is 12.3. The highest BCUT2D eigenvalue weighted by Gasteiger charge is 2.20. The first-order valence-electron chi connectivity index (χ1n) is 10.0. The van der Waals surface area contributed by atoms with Gasteiger partial charge in [-0.1, -0.05) is 29.3 Å². The third-order valence-corrected chi connectivity index (χ3v) is 5.64. The summed E-state index contributed by atoms with van der Waals surface area (Å²) in [4.78, 5) is 14.7. The Labute approximate surface area is 186 Å². The van der Waals surface area contributed by atoms with Crippen molar-refractivity contribution < 1.29 is 19.4 Å². The van der Waals surface area contributed by atoms with Crippen LogP contribution in [0, 0.1) is 0 Å². The SMILES string of the molecule is O=C(NCCN1CCC(Oc2ccc(Cl)c(Cl)c2)CC1)c1cccc(OCCO)c1. The van der Waals surface area contributed by atoms with E-state index in [1.54, 1.807) is 36.4 Å². The zero-order valence-corrected chi connectivity index (χ0v) is 18.2. The quantitative estimate of drug-likeness (QED) is 0.607. The molecule has 1 fully saturated rings. The monoisotopic (exact) mass is 452 g/mol. The minimum Gasteiger partial charge on any atom is -0.491 e. The van der Waals surface area contributed by atoms with Gasteiger partial charge in [0.05, 0.1) is 16.7 Å². The Balaban J connectivity index is 1.37. The number of aliphatic hydroxyl groups excluding tert-OH is 1. The molecule has 0 spiro atoms. The van der Waals surface area contributed by atoms with Crippen LogP contribution in [-0.4, -0.2) is 61.4 Å². The summed E-state index contributed by atoms with van der Waals surface area (Å²) in [7, 11) is 0. The lowest BCUT2D eigenvalue weighted by atomic mass is 10.1. The number of halogens is 2. The molecule has 0 radical (unpaired) electrons. The summed E-state index contributed by atoms with van der Waals surface area (Å²) in [5.41, 5.74) is 0.541. The summed E-state index contributed by atoms with van der Waals surface area (Å²) in [6, 6.07) is 12.3. The molecule has 0 atom stereocenters. The molecule has 0 aromatic heterocycles. The molecule has 0 unspecified atom stereocenters. The molecule has 2 aromatic rings. The fraction of sp³-hybridized carbons (Fsp3) is 0.409. The first-order chi connectivity index (χ1) is 14.5. The van der Waals surface area contributed by atoms with Gasteiger partial charge < -0.3 is 24.8 Å². The number of nitrogens with one attached hydrogen (secondary N) is 1. The van der Waals surface area contributed by atoms with Gasteiger partial charge in [0.25, 0.3) is 5.91 Å². The lowest BCUT2D eigenvalue weighted by Crippen LogP contribution is -2.42. The minimum atomic E-state index is -0.137. The summed E-state index contributed by atoms with van der Waals surface area (Å²) in [6.07, 6.45) is 1.98. The first-order valence-corrected chi connectivity index (χ1v) is 10.8. The number of rotatable bonds is 9. The molecule has 3 rings (SSSR count). The Hall–Kier alpha value is -1.99. The number of likely N-dealkylation sites (tertiary alicyclic amines) is 1. The Morgan fingerprint density at radius 2 is 1.90 bits per heavy atom. The molecule has 0 aliphatic carbocycles. The number of carbonyl (C=O) groups excluding carboxylic acids is 1. The molecular weight excluding hydrogens is 427 g/mol. The van der Waals surface area contributed by atoms with Crippen molar-refractivity contribution in [1.29, 1.82) is 0 Å². The second-order valence-corrected chi connectivity index (χ2v) is 7.90. The molecule has 0 saturated carbocycles. The summed E-state index contributed by atoms with van der Waals surface area (Å²) in [6.45, 7) is 3.31. The summed E-state index contributed by atoms with van der Waals surface area (Å²) >= 11 is 12.0. The van der Waals surface area contributed by atoms with Gasteiger partial charge in [-0.3, -0.25) is 4.79 Å². The summed E-state index contributed by atoms with van der Waals surface area (Å²) < 4.78 is 11.4. The van der Waals surface area contributed by atoms with Crippen LogP contribution >= 0.6 is 23.2 Å². The second-order valence-electron chi connectivity index (χ2n) is 7.09. The van der Waals surface area contributed by atoms with Crippen molar-refractivity contribution in [2.24, 2.45) is 0 Å². The number of amides is 1. The zero-order valence-electron chi connectivity index (χ0n) is 16.7. The zero-order chi connectivity index (χ0) is 21.3. The van der Waals surface area contributed by atoms with Crippen molar-refractivity contribution in [3.8, 4) is 11.5 Å². The van der Waals surface area contributed by atoms with Gasteiger partial charge in [0.2, 0.25) is 0 Å². The molecule has 6 nitrogen and oxygen atoms in total. The number of benzene rings is 2. The van der Waals surface area contributed by atoms with Crippen molar-refractivity contribution in [3.05, 3.63) is 58.1 Å². The standard InChI is InChI=1S/C22H26Cl2N2O4/c23-20-5-4-19(15-21(20)24)30-17-6-9-26(10-7-17)11-8-25-22(28)16-2-1-3-18(14-16)29-13-12-27/h1-5,14-15,17,27H,6-13H2,(H,25,28). The van der Waals surface area contributed by atoms with Gasteiger partial charge in [0.1, 0.15) is 24.2 Å². The van der Waals surface area contributed by atoms with Crippen molar-refractivity contribution >= 4 is 29.1 Å². The minimum absolute atomic E-state index is 0.0639. The van der Waals surface area contributed by atoms with Crippen molar-refractivity contribution in [3.63, 3.8) is 0 Å². The van der Waals surface area contributed by atoms with Crippen molar-refractivity contribution in [2.75, 3.05) is 39.4 Å². The summed E-state index contributed by atoms with van der Waals surface area (Å²) in [5, 5.41) is 12.8. The van der Waals surface area contributed by atoms with E-state index in [0.717, 1.165) is 38.2 Å². The Bertz CT molecular complexity index is 842. The molecule has 30 heavy (non-hydrogen) atoms. The van der Waals surface area contributed by atoms with Crippen LogP contribution in [0.4, 0.5) is 0 Å². The van der Waals surface area contributed by atoms with Gasteiger partial charge in [-0.15, -0.1) is 0 Å². The van der Waals surface area contributed by atoms with Gasteiger partial charge in [-0.05, 0) is 43.2 Å². The molecule has 0 bridgehead atoms. The highest BCUT2D eigenvalue weighted by atomic mass is 35.5. The van der Waals surface area contributed by atoms with E-state index in [1.807, 2.05) is 6.07 Å². The van der Waals surface area contributed by atoms with Crippen LogP contribution in [0.1, 0.15) is 23.2 Å². The van der Waals surface area contributed by atoms with E-state index < -0.39 is 0 Å². The van der Waals surface area contributed by atoms with E-state index >= 15 is 0 Å². The van der Waals surface area contributed by atoms with Crippen LogP contribution in [0.2, 0.25) is 10.0 Å². The van der Waals surface area contributed by atoms with E-state index in [-0.39, 0.29) is 25.2 Å². The number of nitrogens with zero attached hydrogens (tertiary/aromatic N) is 1. The van der Waals surface area contributed by atoms with Crippen LogP contribution in [0.25, 0.3) is 0 Å². The lowest BCUT2D eigenvalue weighted by Gasteiger charge is -2.32. The van der Waals surface area contributed by atoms with Gasteiger partial charge in [0.15, 0.2) is 0 Å². The fourth-order valence-electron chi connectivity index (χ4n) is 3.31. The number of hydrogen-bond acceptors (Lipinski definition) is 5. The number of carbonyl (C=O) groups is 1. The van der Waals surface area contributed by atoms with Crippen LogP contribution < -0.4 is 14.8 Å². The topological polar surface area (TPSA) is 71.0 Å². The van der Waals surface area contributed by atoms with Crippen LogP contribution in [0.5, 0.6) is 11.5 Å². The third kappa shape index (κ3) is 6.77. The van der Waals surface area contributed by atoms with Crippen molar-refractivity contribution in [1.82, 2.24) is 10.2 Å². The Morgan fingerprint density at radius 1 is 1.10 bits per heavy atom. The molecule has 1 heterocycles. The Morgan fingerprint density at radius 3 is 2.63 bits per heavy atom. The predicted octanol–water partition coefficient (Wildman–Crippen LogP) is 3.64. The molecule has 1 amide bonds. The van der Waals surface area contributed by atoms with E-state index in [4.69, 9.17) is 37.8 Å². The molecule has 2 N–H and O–H groups in total. The normalized spacial score (nSPS) is 15.0. The average molecular weight is 453 g/mol. The summed E-state index contributed by atoms with van der Waals surface area (Å²) in [5.74, 6) is 1.17. The average Bonchev–Trinajstić information content (AvgIpc) is 2.76. The molecule has 1 saturated heterocycles. The molecule has 2 aromatic carbocycles. The van der Waals surface area contributed by atoms with Gasteiger partial charge in [-0.2, -0.15) is 0 Å². The number of hydrogen-bond donors (Lipinski definition) is 2. The van der Waals surface area contributed by atoms with Gasteiger partial charge in [0, 0.05) is 37.8 Å². The van der Waals surface area contributed by atoms with Crippen LogP contribution in [0.3, 0.4) is 0 Å². The van der Waals surface area contributed by atoms with E-state index in [1.165, 1.54) is 0 Å². The molecular formula is C22H26Cl2N2O4. The molecule has 162 valence electrons. The number of piperidine rings is 1. The van der Waals surface area contributed by atoms with E-state index in [0.29, 0.717) is 27.9 Å². The van der Waals surface area contributed by atoms with Gasteiger partial charge >= 0.3 is 0 Å². The molecule has 8 heteroatoms. The lowest BCUT2D eigenvalue weighted by molar-refractivity contribution is 0.0905. The maximum atomic E-state index is 12.3. The van der Waals surface area contributed by atoms with Crippen molar-refractivity contribution in [2.45, 2.75) is 18.9 Å². The second kappa shape index (κ2) is 11.4. The predicted molar refractivity (Wildman–Crippen MR) is 118 cm³/mol. The highest BCUT2D eigenvalue weighted by Crippen LogP contribution is 2.28. The van der Waals surface area contributed by atoms with Crippen LogP contribution in [-0.2, 0) is 0 Å². The smallest absolute Gasteiger partial charge is 0.251 e. The first kappa shape index (κ1) is 22.7. The maximum Gasteiger partial charge on any atom is 0.251 e. The molecule has 1 aliphatic heterocycles. The Kier molecular flexibility index (Phi) is 8.63. The largest absolute Gasteiger partial charge is 0.491 e. The number of ether oxygens (including phenoxy) is 2. The molecule has 1 aliphatic rings. The van der Waals surface area contributed by atoms with E-state index in [9.17, 15) is 4.79 Å². The fourth-order valence-corrected chi connectivity index (χ4v) is 3.60. The third-order valence-electron chi connectivity index (χ3n) is 4.90. The van der Waals surface area contributed by atoms with E-state index in [2.05, 4.69) is 10.2 Å². The van der Waals surface area contributed by atoms with Crippen LogP contribution in [0.15, 0.2) is 42.5 Å². The highest BCUT2D eigenvalue weighted by molar-refractivity contribution is 6.42.